The lowest BCUT2D eigenvalue weighted by molar-refractivity contribution is 0.103. The van der Waals surface area contributed by atoms with Crippen LogP contribution >= 0.6 is 34.5 Å². The standard InChI is InChI=1S/C22H16Cl2N2O4S2/c1-32(28,29)26-16-4-7-20-13(8-16)9-21(31-20)22(27)25-17-10-15(24)11-19(12-17)30-18-5-2-14(23)3-6-18/h2-12,26H,1H3,(H,25,27). The fraction of sp³-hybridized carbons (Fsp3) is 0.0455. The lowest BCUT2D eigenvalue weighted by atomic mass is 10.2. The molecule has 4 rings (SSSR count). The number of carbonyl (C=O) groups is 1. The van der Waals surface area contributed by atoms with Crippen LogP contribution in [0.5, 0.6) is 11.5 Å². The quantitative estimate of drug-likeness (QED) is 0.307. The Morgan fingerprint density at radius 2 is 1.62 bits per heavy atom. The molecule has 0 fully saturated rings. The van der Waals surface area contributed by atoms with E-state index in [2.05, 4.69) is 10.0 Å². The van der Waals surface area contributed by atoms with Crippen molar-refractivity contribution in [2.24, 2.45) is 0 Å². The Bertz CT molecular complexity index is 1420. The number of thiophene rings is 1. The lowest BCUT2D eigenvalue weighted by Crippen LogP contribution is -2.10. The van der Waals surface area contributed by atoms with Gasteiger partial charge in [-0.1, -0.05) is 23.2 Å². The summed E-state index contributed by atoms with van der Waals surface area (Å²) in [4.78, 5) is 13.3. The molecule has 0 saturated heterocycles. The van der Waals surface area contributed by atoms with E-state index in [1.165, 1.54) is 11.3 Å². The van der Waals surface area contributed by atoms with E-state index in [-0.39, 0.29) is 5.91 Å². The molecular formula is C22H16Cl2N2O4S2. The third-order valence-electron chi connectivity index (χ3n) is 4.22. The average molecular weight is 507 g/mol. The summed E-state index contributed by atoms with van der Waals surface area (Å²) in [6.45, 7) is 0. The van der Waals surface area contributed by atoms with Crippen LogP contribution in [0.3, 0.4) is 0 Å². The number of sulfonamides is 1. The van der Waals surface area contributed by atoms with Crippen molar-refractivity contribution < 1.29 is 17.9 Å². The Kier molecular flexibility index (Phi) is 6.30. The largest absolute Gasteiger partial charge is 0.457 e. The molecule has 2 N–H and O–H groups in total. The molecule has 10 heteroatoms. The van der Waals surface area contributed by atoms with E-state index in [0.29, 0.717) is 37.8 Å². The average Bonchev–Trinajstić information content (AvgIpc) is 3.12. The number of hydrogen-bond donors (Lipinski definition) is 2. The minimum Gasteiger partial charge on any atom is -0.457 e. The number of halogens is 2. The van der Waals surface area contributed by atoms with Crippen molar-refractivity contribution in [1.29, 1.82) is 0 Å². The number of ether oxygens (including phenoxy) is 1. The van der Waals surface area contributed by atoms with Gasteiger partial charge in [0.15, 0.2) is 0 Å². The van der Waals surface area contributed by atoms with Crippen molar-refractivity contribution in [3.63, 3.8) is 0 Å². The van der Waals surface area contributed by atoms with Crippen LogP contribution in [-0.4, -0.2) is 20.6 Å². The van der Waals surface area contributed by atoms with Crippen molar-refractivity contribution in [2.75, 3.05) is 16.3 Å². The highest BCUT2D eigenvalue weighted by molar-refractivity contribution is 7.92. The van der Waals surface area contributed by atoms with Gasteiger partial charge in [0.1, 0.15) is 11.5 Å². The summed E-state index contributed by atoms with van der Waals surface area (Å²) < 4.78 is 32.0. The first-order chi connectivity index (χ1) is 15.1. The maximum absolute atomic E-state index is 12.8. The van der Waals surface area contributed by atoms with Gasteiger partial charge in [-0.15, -0.1) is 11.3 Å². The van der Waals surface area contributed by atoms with Gasteiger partial charge in [0.2, 0.25) is 10.0 Å². The zero-order valence-corrected chi connectivity index (χ0v) is 19.7. The Labute approximate surface area is 198 Å². The fourth-order valence-electron chi connectivity index (χ4n) is 2.96. The maximum Gasteiger partial charge on any atom is 0.265 e. The Hall–Kier alpha value is -2.78. The SMILES string of the molecule is CS(=O)(=O)Nc1ccc2sc(C(=O)Nc3cc(Cl)cc(Oc4ccc(Cl)cc4)c3)cc2c1. The smallest absolute Gasteiger partial charge is 0.265 e. The molecule has 1 amide bonds. The molecule has 0 unspecified atom stereocenters. The molecule has 1 aromatic heterocycles. The first-order valence-electron chi connectivity index (χ1n) is 9.21. The van der Waals surface area contributed by atoms with Crippen molar-refractivity contribution in [2.45, 2.75) is 0 Å². The van der Waals surface area contributed by atoms with E-state index in [0.717, 1.165) is 16.3 Å². The van der Waals surface area contributed by atoms with Crippen LogP contribution in [0.15, 0.2) is 66.7 Å². The minimum absolute atomic E-state index is 0.316. The third-order valence-corrected chi connectivity index (χ3v) is 6.41. The topological polar surface area (TPSA) is 84.5 Å². The molecule has 3 aromatic carbocycles. The highest BCUT2D eigenvalue weighted by atomic mass is 35.5. The van der Waals surface area contributed by atoms with E-state index >= 15 is 0 Å². The first-order valence-corrected chi connectivity index (χ1v) is 12.7. The second kappa shape index (κ2) is 8.99. The summed E-state index contributed by atoms with van der Waals surface area (Å²) in [5.74, 6) is 0.725. The van der Waals surface area contributed by atoms with Gasteiger partial charge in [-0.05, 0) is 66.0 Å². The Morgan fingerprint density at radius 3 is 2.34 bits per heavy atom. The minimum atomic E-state index is -3.39. The van der Waals surface area contributed by atoms with Crippen molar-refractivity contribution in [3.05, 3.63) is 81.7 Å². The molecule has 0 atom stereocenters. The van der Waals surface area contributed by atoms with Crippen LogP contribution in [-0.2, 0) is 10.0 Å². The third kappa shape index (κ3) is 5.72. The molecule has 0 aliphatic heterocycles. The van der Waals surface area contributed by atoms with Crippen LogP contribution in [0.1, 0.15) is 9.67 Å². The van der Waals surface area contributed by atoms with Crippen molar-refractivity contribution >= 4 is 71.9 Å². The van der Waals surface area contributed by atoms with Crippen LogP contribution in [0, 0.1) is 0 Å². The number of fused-ring (bicyclic) bond motifs is 1. The summed E-state index contributed by atoms with van der Waals surface area (Å²) in [6.07, 6.45) is 1.08. The predicted molar refractivity (Wildman–Crippen MR) is 131 cm³/mol. The highest BCUT2D eigenvalue weighted by Crippen LogP contribution is 2.31. The van der Waals surface area contributed by atoms with Crippen molar-refractivity contribution in [3.8, 4) is 11.5 Å². The number of nitrogens with one attached hydrogen (secondary N) is 2. The number of rotatable bonds is 6. The zero-order chi connectivity index (χ0) is 22.9. The second-order valence-electron chi connectivity index (χ2n) is 6.92. The number of benzene rings is 3. The molecule has 0 saturated carbocycles. The van der Waals surface area contributed by atoms with Crippen LogP contribution in [0.4, 0.5) is 11.4 Å². The zero-order valence-electron chi connectivity index (χ0n) is 16.6. The van der Waals surface area contributed by atoms with Crippen LogP contribution in [0.2, 0.25) is 10.0 Å². The van der Waals surface area contributed by atoms with E-state index in [1.54, 1.807) is 66.7 Å². The van der Waals surface area contributed by atoms with E-state index in [1.807, 2.05) is 0 Å². The number of hydrogen-bond acceptors (Lipinski definition) is 5. The van der Waals surface area contributed by atoms with E-state index < -0.39 is 10.0 Å². The van der Waals surface area contributed by atoms with Crippen molar-refractivity contribution in [1.82, 2.24) is 0 Å². The van der Waals surface area contributed by atoms with Gasteiger partial charge < -0.3 is 10.1 Å². The van der Waals surface area contributed by atoms with Gasteiger partial charge >= 0.3 is 0 Å². The molecule has 164 valence electrons. The molecule has 32 heavy (non-hydrogen) atoms. The normalized spacial score (nSPS) is 11.3. The highest BCUT2D eigenvalue weighted by Gasteiger charge is 2.13. The predicted octanol–water partition coefficient (Wildman–Crippen LogP) is 6.62. The van der Waals surface area contributed by atoms with Gasteiger partial charge in [0.05, 0.1) is 11.1 Å². The van der Waals surface area contributed by atoms with Crippen LogP contribution in [0.25, 0.3) is 10.1 Å². The molecule has 0 bridgehead atoms. The molecule has 4 aromatic rings. The number of anilines is 2. The van der Waals surface area contributed by atoms with Gasteiger partial charge in [-0.2, -0.15) is 0 Å². The molecular weight excluding hydrogens is 491 g/mol. The fourth-order valence-corrected chi connectivity index (χ4v) is 4.80. The number of carbonyl (C=O) groups excluding carboxylic acids is 1. The molecule has 0 spiro atoms. The molecule has 1 heterocycles. The Morgan fingerprint density at radius 1 is 0.875 bits per heavy atom. The Balaban J connectivity index is 1.53. The van der Waals surface area contributed by atoms with Gasteiger partial charge in [-0.25, -0.2) is 8.42 Å². The van der Waals surface area contributed by atoms with Gasteiger partial charge in [-0.3, -0.25) is 9.52 Å². The molecule has 0 aliphatic rings. The molecule has 0 radical (unpaired) electrons. The molecule has 0 aliphatic carbocycles. The first kappa shape index (κ1) is 22.4. The molecule has 6 nitrogen and oxygen atoms in total. The van der Waals surface area contributed by atoms with E-state index in [9.17, 15) is 13.2 Å². The number of amides is 1. The second-order valence-corrected chi connectivity index (χ2v) is 10.6. The summed E-state index contributed by atoms with van der Waals surface area (Å²) in [5.41, 5.74) is 0.909. The van der Waals surface area contributed by atoms with E-state index in [4.69, 9.17) is 27.9 Å². The summed E-state index contributed by atoms with van der Waals surface area (Å²) >= 11 is 13.4. The summed E-state index contributed by atoms with van der Waals surface area (Å²) in [6, 6.07) is 18.6. The summed E-state index contributed by atoms with van der Waals surface area (Å²) in [7, 11) is -3.39. The van der Waals surface area contributed by atoms with Gasteiger partial charge in [0.25, 0.3) is 5.91 Å². The van der Waals surface area contributed by atoms with Crippen LogP contribution < -0.4 is 14.8 Å². The summed E-state index contributed by atoms with van der Waals surface area (Å²) in [5, 5.41) is 4.58. The monoisotopic (exact) mass is 506 g/mol. The lowest BCUT2D eigenvalue weighted by Gasteiger charge is -2.10. The maximum atomic E-state index is 12.8. The van der Waals surface area contributed by atoms with Gasteiger partial charge in [0, 0.05) is 32.2 Å².